The highest BCUT2D eigenvalue weighted by Crippen LogP contribution is 2.50. The first-order valence-electron chi connectivity index (χ1n) is 11.7. The van der Waals surface area contributed by atoms with Crippen LogP contribution in [0.5, 0.6) is 0 Å². The van der Waals surface area contributed by atoms with Crippen LogP contribution in [-0.4, -0.2) is 11.4 Å². The maximum Gasteiger partial charge on any atom is 0.0809 e. The zero-order chi connectivity index (χ0) is 22.4. The molecular formula is C31H28N2. The quantitative estimate of drug-likeness (QED) is 0.490. The summed E-state index contributed by atoms with van der Waals surface area (Å²) < 4.78 is 0. The van der Waals surface area contributed by atoms with Gasteiger partial charge in [-0.05, 0) is 59.9 Å². The second-order valence-electron chi connectivity index (χ2n) is 9.21. The Hall–Kier alpha value is -3.78. The lowest BCUT2D eigenvalue weighted by molar-refractivity contribution is 0.305. The van der Waals surface area contributed by atoms with Crippen LogP contribution in [0.15, 0.2) is 103 Å². The molecule has 6 rings (SSSR count). The molecule has 3 aromatic carbocycles. The van der Waals surface area contributed by atoms with Crippen LogP contribution in [0.25, 0.3) is 11.3 Å². The molecule has 0 amide bonds. The number of hydrogen-bond acceptors (Lipinski definition) is 2. The van der Waals surface area contributed by atoms with Crippen molar-refractivity contribution in [2.24, 2.45) is 0 Å². The van der Waals surface area contributed by atoms with E-state index in [2.05, 4.69) is 127 Å². The number of aryl methyl sites for hydroxylation is 2. The summed E-state index contributed by atoms with van der Waals surface area (Å²) in [6.07, 6.45) is 13.5. The molecule has 0 spiro atoms. The first kappa shape index (κ1) is 19.9. The summed E-state index contributed by atoms with van der Waals surface area (Å²) in [7, 11) is 0. The molecular weight excluding hydrogens is 400 g/mol. The van der Waals surface area contributed by atoms with Crippen LogP contribution in [0, 0.1) is 13.8 Å². The van der Waals surface area contributed by atoms with Gasteiger partial charge in [-0.15, -0.1) is 0 Å². The molecule has 3 aliphatic heterocycles. The molecule has 0 saturated carbocycles. The minimum absolute atomic E-state index is 0.185. The minimum atomic E-state index is 0.185. The van der Waals surface area contributed by atoms with Gasteiger partial charge in [0.25, 0.3) is 0 Å². The number of hydrogen-bond donors (Lipinski definition) is 1. The largest absolute Gasteiger partial charge is 0.381 e. The first-order valence-corrected chi connectivity index (χ1v) is 11.7. The van der Waals surface area contributed by atoms with Crippen LogP contribution < -0.4 is 5.32 Å². The summed E-state index contributed by atoms with van der Waals surface area (Å²) in [5.74, 6) is 0. The number of nitrogens with zero attached hydrogens (tertiary/aromatic N) is 1. The molecule has 0 saturated heterocycles. The highest BCUT2D eigenvalue weighted by molar-refractivity contribution is 5.77. The summed E-state index contributed by atoms with van der Waals surface area (Å²) >= 11 is 0. The second kappa shape index (κ2) is 7.97. The van der Waals surface area contributed by atoms with E-state index in [0.29, 0.717) is 0 Å². The van der Waals surface area contributed by atoms with Crippen LogP contribution >= 0.6 is 0 Å². The molecule has 0 radical (unpaired) electrons. The van der Waals surface area contributed by atoms with Gasteiger partial charge in [0, 0.05) is 24.0 Å². The highest BCUT2D eigenvalue weighted by atomic mass is 15.2. The number of rotatable bonds is 3. The summed E-state index contributed by atoms with van der Waals surface area (Å²) in [4.78, 5) is 2.52. The van der Waals surface area contributed by atoms with E-state index < -0.39 is 0 Å². The van der Waals surface area contributed by atoms with E-state index in [0.717, 1.165) is 6.54 Å². The molecule has 0 bridgehead atoms. The van der Waals surface area contributed by atoms with Crippen molar-refractivity contribution in [3.8, 4) is 0 Å². The van der Waals surface area contributed by atoms with Crippen molar-refractivity contribution in [3.63, 3.8) is 0 Å². The second-order valence-corrected chi connectivity index (χ2v) is 9.21. The van der Waals surface area contributed by atoms with E-state index in [1.165, 1.54) is 50.2 Å². The third-order valence-corrected chi connectivity index (χ3v) is 6.90. The van der Waals surface area contributed by atoms with E-state index in [1.807, 2.05) is 0 Å². The minimum Gasteiger partial charge on any atom is -0.381 e. The van der Waals surface area contributed by atoms with Gasteiger partial charge in [0.05, 0.1) is 12.1 Å². The average Bonchev–Trinajstić information content (AvgIpc) is 3.17. The highest BCUT2D eigenvalue weighted by Gasteiger charge is 2.38. The zero-order valence-corrected chi connectivity index (χ0v) is 19.1. The summed E-state index contributed by atoms with van der Waals surface area (Å²) in [5, 5.41) is 3.56. The third kappa shape index (κ3) is 3.43. The Morgan fingerprint density at radius 2 is 1.58 bits per heavy atom. The fourth-order valence-corrected chi connectivity index (χ4v) is 5.55. The molecule has 2 nitrogen and oxygen atoms in total. The maximum atomic E-state index is 3.56. The van der Waals surface area contributed by atoms with Crippen LogP contribution in [0.1, 0.15) is 51.0 Å². The van der Waals surface area contributed by atoms with Crippen molar-refractivity contribution in [1.29, 1.82) is 0 Å². The Bertz CT molecular complexity index is 1330. The first-order chi connectivity index (χ1) is 16.2. The van der Waals surface area contributed by atoms with Crippen molar-refractivity contribution in [2.75, 3.05) is 6.54 Å². The lowest BCUT2D eigenvalue weighted by Crippen LogP contribution is -2.24. The van der Waals surface area contributed by atoms with Gasteiger partial charge in [-0.2, -0.15) is 0 Å². The number of nitrogens with one attached hydrogen (secondary N) is 1. The van der Waals surface area contributed by atoms with Crippen molar-refractivity contribution in [3.05, 3.63) is 142 Å². The van der Waals surface area contributed by atoms with Crippen molar-refractivity contribution in [1.82, 2.24) is 10.2 Å². The lowest BCUT2D eigenvalue weighted by atomic mass is 9.92. The van der Waals surface area contributed by atoms with Gasteiger partial charge in [-0.3, -0.25) is 0 Å². The molecule has 2 atom stereocenters. The Balaban J connectivity index is 1.47. The van der Waals surface area contributed by atoms with Gasteiger partial charge in [0.2, 0.25) is 0 Å². The van der Waals surface area contributed by atoms with Gasteiger partial charge in [-0.1, -0.05) is 90.0 Å². The number of dihydropyridines is 1. The average molecular weight is 429 g/mol. The Labute approximate surface area is 196 Å². The fraction of sp³-hybridized carbons (Fsp3) is 0.161. The molecule has 1 unspecified atom stereocenters. The molecule has 33 heavy (non-hydrogen) atoms. The van der Waals surface area contributed by atoms with Gasteiger partial charge in [0.1, 0.15) is 0 Å². The van der Waals surface area contributed by atoms with E-state index in [9.17, 15) is 0 Å². The summed E-state index contributed by atoms with van der Waals surface area (Å²) in [6, 6.07) is 25.0. The van der Waals surface area contributed by atoms with Gasteiger partial charge in [0.15, 0.2) is 0 Å². The molecule has 3 heterocycles. The van der Waals surface area contributed by atoms with Gasteiger partial charge in [-0.25, -0.2) is 0 Å². The molecule has 2 heteroatoms. The molecule has 162 valence electrons. The van der Waals surface area contributed by atoms with E-state index in [-0.39, 0.29) is 12.1 Å². The number of fused-ring (bicyclic) bond motifs is 3. The number of benzene rings is 3. The molecule has 1 N–H and O–H groups in total. The Kier molecular flexibility index (Phi) is 4.80. The van der Waals surface area contributed by atoms with E-state index in [1.54, 1.807) is 0 Å². The van der Waals surface area contributed by atoms with Crippen LogP contribution in [0.4, 0.5) is 0 Å². The van der Waals surface area contributed by atoms with E-state index in [4.69, 9.17) is 0 Å². The molecule has 0 aromatic heterocycles. The summed E-state index contributed by atoms with van der Waals surface area (Å²) in [6.45, 7) is 5.23. The molecule has 0 fully saturated rings. The fourth-order valence-electron chi connectivity index (χ4n) is 5.55. The lowest BCUT2D eigenvalue weighted by Gasteiger charge is -2.33. The normalized spacial score (nSPS) is 20.6. The van der Waals surface area contributed by atoms with Gasteiger partial charge < -0.3 is 10.2 Å². The Morgan fingerprint density at radius 3 is 2.33 bits per heavy atom. The van der Waals surface area contributed by atoms with Crippen molar-refractivity contribution >= 4 is 11.3 Å². The predicted octanol–water partition coefficient (Wildman–Crippen LogP) is 6.86. The third-order valence-electron chi connectivity index (χ3n) is 6.90. The van der Waals surface area contributed by atoms with Gasteiger partial charge >= 0.3 is 0 Å². The molecule has 3 aromatic rings. The monoisotopic (exact) mass is 428 g/mol. The molecule has 3 aliphatic rings. The SMILES string of the molecule is Cc1cc(C)cc(C2=CC3c4ccccc4[C@@H](c4ccccc4C4=CC=CCN4)N3C=C2)c1. The van der Waals surface area contributed by atoms with Crippen LogP contribution in [0.2, 0.25) is 0 Å². The van der Waals surface area contributed by atoms with E-state index >= 15 is 0 Å². The van der Waals surface area contributed by atoms with Crippen molar-refractivity contribution < 1.29 is 0 Å². The predicted molar refractivity (Wildman–Crippen MR) is 137 cm³/mol. The Morgan fingerprint density at radius 1 is 0.848 bits per heavy atom. The number of allylic oxidation sites excluding steroid dienone is 4. The van der Waals surface area contributed by atoms with Crippen molar-refractivity contribution in [2.45, 2.75) is 25.9 Å². The zero-order valence-electron chi connectivity index (χ0n) is 19.1. The molecule has 0 aliphatic carbocycles. The maximum absolute atomic E-state index is 3.56. The summed E-state index contributed by atoms with van der Waals surface area (Å²) in [5.41, 5.74) is 11.8. The smallest absolute Gasteiger partial charge is 0.0809 e. The standard InChI is InChI=1S/C31H28N2/c1-21-17-22(2)19-24(18-21)23-14-16-33-30(20-23)26-10-4-6-12-28(26)31(33)27-11-5-3-9-25(27)29-13-7-8-15-32-29/h3-14,16-20,30-32H,15H2,1-2H3/t30?,31-/m1/s1. The topological polar surface area (TPSA) is 15.3 Å². The van der Waals surface area contributed by atoms with Crippen LogP contribution in [-0.2, 0) is 0 Å². The van der Waals surface area contributed by atoms with Crippen LogP contribution in [0.3, 0.4) is 0 Å².